The van der Waals surface area contributed by atoms with Crippen molar-refractivity contribution >= 4 is 22.2 Å². The minimum absolute atomic E-state index is 0.534. The highest BCUT2D eigenvalue weighted by molar-refractivity contribution is 7.15. The van der Waals surface area contributed by atoms with Gasteiger partial charge in [0.1, 0.15) is 0 Å². The quantitative estimate of drug-likeness (QED) is 0.803. The summed E-state index contributed by atoms with van der Waals surface area (Å²) in [5.41, 5.74) is 6.42. The van der Waals surface area contributed by atoms with E-state index < -0.39 is 0 Å². The Balaban J connectivity index is 2.11. The van der Waals surface area contributed by atoms with Crippen LogP contribution in [0.4, 0.5) is 10.8 Å². The topological polar surface area (TPSA) is 63.8 Å². The maximum atomic E-state index is 5.49. The van der Waals surface area contributed by atoms with Gasteiger partial charge in [0.2, 0.25) is 0 Å². The van der Waals surface area contributed by atoms with Gasteiger partial charge in [0.25, 0.3) is 0 Å². The predicted octanol–water partition coefficient (Wildman–Crippen LogP) is 1.74. The molecule has 5 heteroatoms. The van der Waals surface area contributed by atoms with Crippen LogP contribution in [-0.2, 0) is 6.54 Å². The Morgan fingerprint density at radius 2 is 2.36 bits per heavy atom. The second kappa shape index (κ2) is 4.17. The van der Waals surface area contributed by atoms with Gasteiger partial charge in [-0.05, 0) is 12.1 Å². The number of hydrogen-bond acceptors (Lipinski definition) is 5. The van der Waals surface area contributed by atoms with Gasteiger partial charge in [0.05, 0.1) is 11.9 Å². The molecule has 0 atom stereocenters. The van der Waals surface area contributed by atoms with Crippen LogP contribution in [-0.4, -0.2) is 9.97 Å². The summed E-state index contributed by atoms with van der Waals surface area (Å²) in [4.78, 5) is 9.25. The molecule has 14 heavy (non-hydrogen) atoms. The van der Waals surface area contributed by atoms with Gasteiger partial charge in [0, 0.05) is 23.8 Å². The number of rotatable bonds is 3. The fourth-order valence-electron chi connectivity index (χ4n) is 1.02. The zero-order valence-corrected chi connectivity index (χ0v) is 8.29. The molecule has 2 aromatic rings. The minimum Gasteiger partial charge on any atom is -0.330 e. The molecule has 0 aliphatic rings. The summed E-state index contributed by atoms with van der Waals surface area (Å²) in [7, 11) is 0. The summed E-state index contributed by atoms with van der Waals surface area (Å²) in [6, 6.07) is 3.82. The number of anilines is 2. The average Bonchev–Trinajstić information content (AvgIpc) is 2.67. The molecule has 2 aromatic heterocycles. The van der Waals surface area contributed by atoms with Crippen molar-refractivity contribution in [1.82, 2.24) is 9.97 Å². The van der Waals surface area contributed by atoms with Crippen molar-refractivity contribution in [2.45, 2.75) is 6.54 Å². The number of pyridine rings is 1. The normalized spacial score (nSPS) is 10.1. The Hall–Kier alpha value is -1.46. The first-order chi connectivity index (χ1) is 6.88. The largest absolute Gasteiger partial charge is 0.330 e. The number of aromatic nitrogens is 2. The highest BCUT2D eigenvalue weighted by atomic mass is 32.1. The minimum atomic E-state index is 0.534. The first-order valence-electron chi connectivity index (χ1n) is 4.20. The summed E-state index contributed by atoms with van der Waals surface area (Å²) in [6.07, 6.45) is 5.27. The van der Waals surface area contributed by atoms with Gasteiger partial charge < -0.3 is 11.1 Å². The van der Waals surface area contributed by atoms with Crippen molar-refractivity contribution < 1.29 is 0 Å². The summed E-state index contributed by atoms with van der Waals surface area (Å²) < 4.78 is 0. The smallest absolute Gasteiger partial charge is 0.187 e. The molecule has 0 amide bonds. The molecule has 0 spiro atoms. The van der Waals surface area contributed by atoms with Crippen molar-refractivity contribution in [3.8, 4) is 0 Å². The molecular weight excluding hydrogens is 196 g/mol. The van der Waals surface area contributed by atoms with Gasteiger partial charge in [0.15, 0.2) is 5.13 Å². The van der Waals surface area contributed by atoms with Gasteiger partial charge in [-0.3, -0.25) is 4.98 Å². The van der Waals surface area contributed by atoms with Crippen LogP contribution in [0.1, 0.15) is 4.88 Å². The fourth-order valence-corrected chi connectivity index (χ4v) is 1.73. The van der Waals surface area contributed by atoms with Crippen molar-refractivity contribution in [3.63, 3.8) is 0 Å². The van der Waals surface area contributed by atoms with Crippen LogP contribution in [0.2, 0.25) is 0 Å². The zero-order chi connectivity index (χ0) is 9.80. The van der Waals surface area contributed by atoms with Crippen molar-refractivity contribution in [1.29, 1.82) is 0 Å². The Morgan fingerprint density at radius 1 is 1.43 bits per heavy atom. The molecule has 0 radical (unpaired) electrons. The lowest BCUT2D eigenvalue weighted by atomic mass is 10.4. The number of nitrogens with one attached hydrogen (secondary N) is 1. The number of thiazole rings is 1. The summed E-state index contributed by atoms with van der Waals surface area (Å²) in [6.45, 7) is 0.534. The molecule has 72 valence electrons. The molecule has 0 bridgehead atoms. The Kier molecular flexibility index (Phi) is 2.71. The van der Waals surface area contributed by atoms with Crippen molar-refractivity contribution in [2.75, 3.05) is 5.32 Å². The first-order valence-corrected chi connectivity index (χ1v) is 5.02. The van der Waals surface area contributed by atoms with Crippen LogP contribution in [0.25, 0.3) is 0 Å². The van der Waals surface area contributed by atoms with E-state index in [-0.39, 0.29) is 0 Å². The Labute approximate surface area is 85.8 Å². The molecule has 2 heterocycles. The summed E-state index contributed by atoms with van der Waals surface area (Å²) in [5.74, 6) is 0. The maximum absolute atomic E-state index is 5.49. The summed E-state index contributed by atoms with van der Waals surface area (Å²) >= 11 is 1.55. The van der Waals surface area contributed by atoms with Crippen LogP contribution < -0.4 is 11.1 Å². The van der Waals surface area contributed by atoms with Crippen LogP contribution in [0.5, 0.6) is 0 Å². The van der Waals surface area contributed by atoms with Crippen LogP contribution >= 0.6 is 11.3 Å². The highest BCUT2D eigenvalue weighted by Gasteiger charge is 1.99. The zero-order valence-electron chi connectivity index (χ0n) is 7.47. The average molecular weight is 206 g/mol. The molecule has 2 rings (SSSR count). The number of nitrogens with zero attached hydrogens (tertiary/aromatic N) is 2. The summed E-state index contributed by atoms with van der Waals surface area (Å²) in [5, 5.41) is 3.99. The predicted molar refractivity (Wildman–Crippen MR) is 57.5 cm³/mol. The van der Waals surface area contributed by atoms with E-state index in [1.165, 1.54) is 0 Å². The van der Waals surface area contributed by atoms with E-state index in [0.29, 0.717) is 6.54 Å². The van der Waals surface area contributed by atoms with Gasteiger partial charge in [-0.1, -0.05) is 0 Å². The van der Waals surface area contributed by atoms with E-state index in [0.717, 1.165) is 15.7 Å². The van der Waals surface area contributed by atoms with Crippen LogP contribution in [0.3, 0.4) is 0 Å². The van der Waals surface area contributed by atoms with Gasteiger partial charge in [-0.2, -0.15) is 0 Å². The third-order valence-electron chi connectivity index (χ3n) is 1.67. The molecule has 0 aliphatic carbocycles. The first kappa shape index (κ1) is 9.11. The number of nitrogens with two attached hydrogens (primary N) is 1. The standard InChI is InChI=1S/C9H10N4S/c10-4-8-6-12-9(14-8)13-7-2-1-3-11-5-7/h1-3,5-6H,4,10H2,(H,12,13). The third-order valence-corrected chi connectivity index (χ3v) is 2.60. The van der Waals surface area contributed by atoms with E-state index in [2.05, 4.69) is 15.3 Å². The Morgan fingerprint density at radius 3 is 3.00 bits per heavy atom. The van der Waals surface area contributed by atoms with Crippen LogP contribution in [0.15, 0.2) is 30.7 Å². The molecule has 0 saturated heterocycles. The van der Waals surface area contributed by atoms with Gasteiger partial charge in [-0.25, -0.2) is 4.98 Å². The number of hydrogen-bond donors (Lipinski definition) is 2. The molecule has 0 saturated carbocycles. The lowest BCUT2D eigenvalue weighted by Crippen LogP contribution is -1.91. The van der Waals surface area contributed by atoms with E-state index in [4.69, 9.17) is 5.73 Å². The van der Waals surface area contributed by atoms with Gasteiger partial charge >= 0.3 is 0 Å². The Bertz CT molecular complexity index is 398. The lowest BCUT2D eigenvalue weighted by Gasteiger charge is -1.99. The second-order valence-corrected chi connectivity index (χ2v) is 3.82. The molecule has 0 aliphatic heterocycles. The molecule has 4 nitrogen and oxygen atoms in total. The highest BCUT2D eigenvalue weighted by Crippen LogP contribution is 2.21. The second-order valence-electron chi connectivity index (χ2n) is 2.70. The van der Waals surface area contributed by atoms with E-state index >= 15 is 0 Å². The van der Waals surface area contributed by atoms with Crippen molar-refractivity contribution in [2.24, 2.45) is 5.73 Å². The molecule has 3 N–H and O–H groups in total. The monoisotopic (exact) mass is 206 g/mol. The molecular formula is C9H10N4S. The van der Waals surface area contributed by atoms with Crippen molar-refractivity contribution in [3.05, 3.63) is 35.6 Å². The molecule has 0 unspecified atom stereocenters. The SMILES string of the molecule is NCc1cnc(Nc2cccnc2)s1. The third kappa shape index (κ3) is 2.07. The van der Waals surface area contributed by atoms with Gasteiger partial charge in [-0.15, -0.1) is 11.3 Å². The fraction of sp³-hybridized carbons (Fsp3) is 0.111. The maximum Gasteiger partial charge on any atom is 0.187 e. The van der Waals surface area contributed by atoms with E-state index in [1.54, 1.807) is 29.9 Å². The van der Waals surface area contributed by atoms with E-state index in [1.807, 2.05) is 12.1 Å². The van der Waals surface area contributed by atoms with E-state index in [9.17, 15) is 0 Å². The molecule has 0 fully saturated rings. The lowest BCUT2D eigenvalue weighted by molar-refractivity contribution is 1.10. The van der Waals surface area contributed by atoms with Crippen LogP contribution in [0, 0.1) is 0 Å². The molecule has 0 aromatic carbocycles.